The quantitative estimate of drug-likeness (QED) is 0.178. The van der Waals surface area contributed by atoms with Gasteiger partial charge in [0.1, 0.15) is 6.29 Å². The number of nitrogens with zero attached hydrogens (tertiary/aromatic N) is 1. The molecule has 45 heavy (non-hydrogen) atoms. The molecule has 0 spiro atoms. The van der Waals surface area contributed by atoms with Crippen molar-refractivity contribution in [2.24, 2.45) is 0 Å². The predicted octanol–water partition coefficient (Wildman–Crippen LogP) is 7.91. The molecule has 1 aliphatic carbocycles. The van der Waals surface area contributed by atoms with E-state index >= 15 is 0 Å². The van der Waals surface area contributed by atoms with E-state index in [9.17, 15) is 18.9 Å². The molecule has 1 aromatic carbocycles. The van der Waals surface area contributed by atoms with E-state index in [2.05, 4.69) is 25.8 Å². The largest absolute Gasteiger partial charge is 0.459 e. The summed E-state index contributed by atoms with van der Waals surface area (Å²) in [4.78, 5) is 27.8. The maximum Gasteiger partial charge on any atom is 0.289 e. The fraction of sp³-hybridized carbons (Fsp3) is 0.571. The van der Waals surface area contributed by atoms with Crippen molar-refractivity contribution < 1.29 is 28.1 Å². The van der Waals surface area contributed by atoms with E-state index in [1.165, 1.54) is 11.1 Å². The normalized spacial score (nSPS) is 16.6. The molecule has 10 heteroatoms. The van der Waals surface area contributed by atoms with Crippen molar-refractivity contribution in [1.82, 2.24) is 9.88 Å². The van der Waals surface area contributed by atoms with Crippen molar-refractivity contribution in [3.63, 3.8) is 0 Å². The van der Waals surface area contributed by atoms with E-state index < -0.39 is 15.1 Å². The summed E-state index contributed by atoms with van der Waals surface area (Å²) < 4.78 is 24.2. The highest BCUT2D eigenvalue weighted by Gasteiger charge is 2.42. The topological polar surface area (TPSA) is 113 Å². The minimum absolute atomic E-state index is 0.0385. The number of aliphatic hydroxyl groups excluding tert-OH is 1. The maximum absolute atomic E-state index is 12.5. The summed E-state index contributed by atoms with van der Waals surface area (Å²) in [5, 5.41) is 12.3. The number of aromatic nitrogens is 1. The molecule has 2 aliphatic rings. The zero-order chi connectivity index (χ0) is 33.7. The number of amides is 1. The van der Waals surface area contributed by atoms with Crippen LogP contribution in [0.3, 0.4) is 0 Å². The third-order valence-corrected chi connectivity index (χ3v) is 11.3. The van der Waals surface area contributed by atoms with Crippen molar-refractivity contribution in [3.8, 4) is 0 Å². The Morgan fingerprint density at radius 2 is 1.76 bits per heavy atom. The van der Waals surface area contributed by atoms with Gasteiger partial charge in [0, 0.05) is 51.2 Å². The number of aliphatic hydroxyl groups is 1. The number of aldehydes is 1. The van der Waals surface area contributed by atoms with Gasteiger partial charge in [0.05, 0.1) is 29.1 Å². The lowest BCUT2D eigenvalue weighted by Gasteiger charge is -2.46. The third-order valence-electron chi connectivity index (χ3n) is 8.50. The SMILES string of the molecule is CC.CCC(CC)(CO)OC1(CC)CCN(C(=O)c2ccco2)CC1.CCC=O.CS(=O)(=C1CC1)c1cc2cc(Cl)ccc2[nH]1. The van der Waals surface area contributed by atoms with Crippen molar-refractivity contribution in [1.29, 1.82) is 0 Å². The third kappa shape index (κ3) is 10.2. The molecule has 5 rings (SSSR count). The first-order valence-electron chi connectivity index (χ1n) is 16.2. The second kappa shape index (κ2) is 17.9. The summed E-state index contributed by atoms with van der Waals surface area (Å²) in [7, 11) is -1.97. The minimum atomic E-state index is -1.97. The molecule has 2 fully saturated rings. The summed E-state index contributed by atoms with van der Waals surface area (Å²) in [5.74, 6) is 0.334. The number of benzene rings is 1. The van der Waals surface area contributed by atoms with Gasteiger partial charge in [0.15, 0.2) is 5.76 Å². The van der Waals surface area contributed by atoms with E-state index in [0.29, 0.717) is 30.3 Å². The van der Waals surface area contributed by atoms with E-state index in [-0.39, 0.29) is 18.1 Å². The van der Waals surface area contributed by atoms with Gasteiger partial charge in [-0.15, -0.1) is 0 Å². The highest BCUT2D eigenvalue weighted by molar-refractivity contribution is 8.02. The predicted molar refractivity (Wildman–Crippen MR) is 186 cm³/mol. The number of fused-ring (bicyclic) bond motifs is 1. The molecular formula is C35H53ClN2O6S. The molecule has 8 nitrogen and oxygen atoms in total. The van der Waals surface area contributed by atoms with Gasteiger partial charge in [-0.2, -0.15) is 0 Å². The smallest absolute Gasteiger partial charge is 0.289 e. The molecule has 0 bridgehead atoms. The van der Waals surface area contributed by atoms with Gasteiger partial charge in [-0.3, -0.25) is 9.00 Å². The first kappa shape index (κ1) is 38.6. The number of likely N-dealkylation sites (tertiary alicyclic amines) is 1. The zero-order valence-corrected chi connectivity index (χ0v) is 29.7. The first-order valence-corrected chi connectivity index (χ1v) is 18.6. The molecule has 0 radical (unpaired) electrons. The van der Waals surface area contributed by atoms with Crippen LogP contribution < -0.4 is 0 Å². The summed E-state index contributed by atoms with van der Waals surface area (Å²) in [6.07, 6.45) is 10.9. The van der Waals surface area contributed by atoms with Crippen LogP contribution in [-0.4, -0.2) is 73.4 Å². The fourth-order valence-electron chi connectivity index (χ4n) is 5.19. The van der Waals surface area contributed by atoms with Gasteiger partial charge in [-0.25, -0.2) is 0 Å². The Hall–Kier alpha value is -2.59. The van der Waals surface area contributed by atoms with Crippen LogP contribution in [0.2, 0.25) is 5.02 Å². The number of aromatic amines is 1. The molecular weight excluding hydrogens is 612 g/mol. The highest BCUT2D eigenvalue weighted by atomic mass is 35.5. The van der Waals surface area contributed by atoms with E-state index in [1.807, 2.05) is 56.2 Å². The summed E-state index contributed by atoms with van der Waals surface area (Å²) in [6, 6.07) is 11.0. The number of piperidine rings is 1. The number of carbonyl (C=O) groups is 2. The number of halogens is 1. The van der Waals surface area contributed by atoms with Crippen LogP contribution >= 0.6 is 11.6 Å². The molecule has 1 saturated carbocycles. The molecule has 1 amide bonds. The number of rotatable bonds is 9. The van der Waals surface area contributed by atoms with Crippen molar-refractivity contribution in [3.05, 3.63) is 53.4 Å². The van der Waals surface area contributed by atoms with Crippen LogP contribution in [0.5, 0.6) is 0 Å². The second-order valence-electron chi connectivity index (χ2n) is 11.3. The lowest BCUT2D eigenvalue weighted by Crippen LogP contribution is -2.53. The van der Waals surface area contributed by atoms with E-state index in [0.717, 1.165) is 67.2 Å². The second-order valence-corrected chi connectivity index (χ2v) is 14.4. The van der Waals surface area contributed by atoms with Gasteiger partial charge < -0.3 is 28.9 Å². The molecule has 1 atom stereocenters. The fourth-order valence-corrected chi connectivity index (χ4v) is 7.22. The van der Waals surface area contributed by atoms with Gasteiger partial charge in [0.2, 0.25) is 0 Å². The Bertz CT molecular complexity index is 1450. The van der Waals surface area contributed by atoms with Crippen LogP contribution in [-0.2, 0) is 19.1 Å². The average Bonchev–Trinajstić information content (AvgIpc) is 3.63. The van der Waals surface area contributed by atoms with Crippen LogP contribution in [0.1, 0.15) is 103 Å². The minimum Gasteiger partial charge on any atom is -0.459 e. The molecule has 2 N–H and O–H groups in total. The average molecular weight is 665 g/mol. The van der Waals surface area contributed by atoms with Crippen LogP contribution in [0.15, 0.2) is 52.1 Å². The van der Waals surface area contributed by atoms with Crippen molar-refractivity contribution >= 4 is 49.1 Å². The Kier molecular flexibility index (Phi) is 15.4. The number of carbonyl (C=O) groups excluding carboxylic acids is 2. The van der Waals surface area contributed by atoms with Crippen LogP contribution in [0.25, 0.3) is 10.9 Å². The van der Waals surface area contributed by atoms with Gasteiger partial charge in [0.25, 0.3) is 5.91 Å². The Balaban J connectivity index is 0.000000277. The lowest BCUT2D eigenvalue weighted by molar-refractivity contribution is -0.194. The molecule has 1 saturated heterocycles. The molecule has 2 aromatic heterocycles. The van der Waals surface area contributed by atoms with Gasteiger partial charge >= 0.3 is 0 Å². The standard InChI is InChI=1S/C18H29NO4.C12H12ClNOS.C3H6O.C2H6/c1-4-17(5-2,14-20)23-18(6-3)9-11-19(12-10-18)16(21)15-8-7-13-22-15;1-16(15,10-3-4-10)12-7-8-6-9(13)2-5-11(8)14-12;1-2-3-4;1-2/h7-8,13,20H,4-6,9-12,14H2,1-3H3;2,5-7,14H,3-4H2,1H3;3H,2H2,1H3;1-2H3. The summed E-state index contributed by atoms with van der Waals surface area (Å²) in [6.45, 7) is 13.4. The molecule has 3 aromatic rings. The molecule has 252 valence electrons. The maximum atomic E-state index is 12.5. The highest BCUT2D eigenvalue weighted by Crippen LogP contribution is 2.37. The Labute approximate surface area is 274 Å². The van der Waals surface area contributed by atoms with Gasteiger partial charge in [-0.1, -0.05) is 53.1 Å². The first-order chi connectivity index (χ1) is 21.5. The number of hydrogen-bond acceptors (Lipinski definition) is 6. The van der Waals surface area contributed by atoms with Crippen molar-refractivity contribution in [2.45, 2.75) is 109 Å². The summed E-state index contributed by atoms with van der Waals surface area (Å²) in [5.41, 5.74) is 0.271. The number of ether oxygens (including phenoxy) is 1. The molecule has 1 unspecified atom stereocenters. The monoisotopic (exact) mass is 664 g/mol. The van der Waals surface area contributed by atoms with Crippen molar-refractivity contribution in [2.75, 3.05) is 26.0 Å². The summed E-state index contributed by atoms with van der Waals surface area (Å²) >= 11 is 5.93. The Morgan fingerprint density at radius 1 is 1.13 bits per heavy atom. The molecule has 1 aliphatic heterocycles. The van der Waals surface area contributed by atoms with Crippen LogP contribution in [0.4, 0.5) is 0 Å². The zero-order valence-electron chi connectivity index (χ0n) is 28.1. The number of hydrogen-bond donors (Lipinski definition) is 2. The van der Waals surface area contributed by atoms with Gasteiger partial charge in [-0.05, 0) is 86.2 Å². The van der Waals surface area contributed by atoms with E-state index in [1.54, 1.807) is 12.1 Å². The Morgan fingerprint density at radius 3 is 2.22 bits per heavy atom. The number of furan rings is 1. The lowest BCUT2D eigenvalue weighted by atomic mass is 9.86. The molecule has 3 heterocycles. The number of H-pyrrole nitrogens is 1. The van der Waals surface area contributed by atoms with Crippen LogP contribution in [0, 0.1) is 0 Å². The number of nitrogens with one attached hydrogen (secondary N) is 1. The van der Waals surface area contributed by atoms with E-state index in [4.69, 9.17) is 20.8 Å².